The van der Waals surface area contributed by atoms with Crippen molar-refractivity contribution < 1.29 is 24.5 Å². The van der Waals surface area contributed by atoms with E-state index in [1.54, 1.807) is 37.3 Å². The average molecular weight is 505 g/mol. The lowest BCUT2D eigenvalue weighted by Gasteiger charge is -2.25. The summed E-state index contributed by atoms with van der Waals surface area (Å²) in [6, 6.07) is 8.58. The highest BCUT2D eigenvalue weighted by Crippen LogP contribution is 2.22. The molecular weight excluding hydrogens is 452 g/mol. The van der Waals surface area contributed by atoms with E-state index < -0.39 is 30.1 Å². The average Bonchev–Trinajstić information content (AvgIpc) is 2.87. The molecule has 5 nitrogen and oxygen atoms in total. The third-order valence-electron chi connectivity index (χ3n) is 7.12. The quantitative estimate of drug-likeness (QED) is 0.116. The highest BCUT2D eigenvalue weighted by atomic mass is 16.5. The van der Waals surface area contributed by atoms with Crippen molar-refractivity contribution in [3.05, 3.63) is 35.9 Å². The van der Waals surface area contributed by atoms with Crippen molar-refractivity contribution in [2.75, 3.05) is 0 Å². The number of hydrogen-bond donors (Lipinski definition) is 2. The molecule has 206 valence electrons. The molecule has 3 atom stereocenters. The van der Waals surface area contributed by atoms with E-state index in [9.17, 15) is 19.8 Å². The molecule has 0 saturated carbocycles. The number of rotatable bonds is 23. The van der Waals surface area contributed by atoms with Crippen LogP contribution in [0.3, 0.4) is 0 Å². The number of carboxylic acids is 1. The molecule has 0 radical (unpaired) electrons. The SMILES string of the molecule is CCCCCCCCCCCCCCCCCC(O)C[C@@H](OC(=O)c1ccccc1)C(CC)C(=O)O. The molecule has 1 aromatic carbocycles. The zero-order valence-electron chi connectivity index (χ0n) is 23.0. The van der Waals surface area contributed by atoms with Crippen molar-refractivity contribution in [3.8, 4) is 0 Å². The van der Waals surface area contributed by atoms with Crippen LogP contribution in [0.15, 0.2) is 30.3 Å². The Bertz CT molecular complexity index is 675. The van der Waals surface area contributed by atoms with Crippen LogP contribution in [0.5, 0.6) is 0 Å². The first-order valence-corrected chi connectivity index (χ1v) is 14.7. The number of carbonyl (C=O) groups excluding carboxylic acids is 1. The van der Waals surface area contributed by atoms with Gasteiger partial charge in [-0.2, -0.15) is 0 Å². The minimum Gasteiger partial charge on any atom is -0.481 e. The number of hydrogen-bond acceptors (Lipinski definition) is 4. The van der Waals surface area contributed by atoms with Crippen LogP contribution >= 0.6 is 0 Å². The maximum Gasteiger partial charge on any atom is 0.338 e. The van der Waals surface area contributed by atoms with Gasteiger partial charge >= 0.3 is 11.9 Å². The van der Waals surface area contributed by atoms with Crippen molar-refractivity contribution in [1.82, 2.24) is 0 Å². The summed E-state index contributed by atoms with van der Waals surface area (Å²) < 4.78 is 5.57. The summed E-state index contributed by atoms with van der Waals surface area (Å²) in [5, 5.41) is 20.1. The molecule has 36 heavy (non-hydrogen) atoms. The molecule has 1 aromatic rings. The van der Waals surface area contributed by atoms with E-state index in [4.69, 9.17) is 4.74 Å². The van der Waals surface area contributed by atoms with Crippen LogP contribution in [0.4, 0.5) is 0 Å². The van der Waals surface area contributed by atoms with Gasteiger partial charge in [0.1, 0.15) is 6.10 Å². The predicted octanol–water partition coefficient (Wildman–Crippen LogP) is 8.34. The third-order valence-corrected chi connectivity index (χ3v) is 7.12. The monoisotopic (exact) mass is 504 g/mol. The van der Waals surface area contributed by atoms with E-state index in [0.29, 0.717) is 18.4 Å². The number of aliphatic hydroxyl groups is 1. The number of carboxylic acid groups (broad SMARTS) is 1. The second-order valence-corrected chi connectivity index (χ2v) is 10.3. The van der Waals surface area contributed by atoms with Crippen molar-refractivity contribution in [1.29, 1.82) is 0 Å². The van der Waals surface area contributed by atoms with Gasteiger partial charge in [-0.05, 0) is 25.0 Å². The Labute approximate surface area is 220 Å². The van der Waals surface area contributed by atoms with Gasteiger partial charge in [-0.15, -0.1) is 0 Å². The fourth-order valence-electron chi connectivity index (χ4n) is 4.81. The Morgan fingerprint density at radius 2 is 1.22 bits per heavy atom. The maximum atomic E-state index is 12.5. The highest BCUT2D eigenvalue weighted by molar-refractivity contribution is 5.89. The van der Waals surface area contributed by atoms with Crippen molar-refractivity contribution >= 4 is 11.9 Å². The topological polar surface area (TPSA) is 83.8 Å². The zero-order chi connectivity index (χ0) is 26.4. The van der Waals surface area contributed by atoms with Crippen LogP contribution in [0.1, 0.15) is 140 Å². The molecule has 0 bridgehead atoms. The van der Waals surface area contributed by atoms with Crippen LogP contribution in [0.25, 0.3) is 0 Å². The van der Waals surface area contributed by atoms with Crippen LogP contribution in [0.2, 0.25) is 0 Å². The fourth-order valence-corrected chi connectivity index (χ4v) is 4.81. The molecule has 2 unspecified atom stereocenters. The molecule has 1 rings (SSSR count). The molecule has 0 aromatic heterocycles. The summed E-state index contributed by atoms with van der Waals surface area (Å²) >= 11 is 0. The number of aliphatic hydroxyl groups excluding tert-OH is 1. The van der Waals surface area contributed by atoms with Gasteiger partial charge in [-0.1, -0.05) is 128 Å². The largest absolute Gasteiger partial charge is 0.481 e. The van der Waals surface area contributed by atoms with E-state index in [-0.39, 0.29) is 6.42 Å². The Morgan fingerprint density at radius 1 is 0.750 bits per heavy atom. The van der Waals surface area contributed by atoms with E-state index in [1.807, 2.05) is 0 Å². The van der Waals surface area contributed by atoms with Gasteiger partial charge in [0.15, 0.2) is 0 Å². The fraction of sp³-hybridized carbons (Fsp3) is 0.742. The van der Waals surface area contributed by atoms with E-state index in [0.717, 1.165) is 12.8 Å². The van der Waals surface area contributed by atoms with E-state index >= 15 is 0 Å². The Balaban J connectivity index is 2.19. The summed E-state index contributed by atoms with van der Waals surface area (Å²) in [5.74, 6) is -2.37. The van der Waals surface area contributed by atoms with Gasteiger partial charge in [0.05, 0.1) is 17.6 Å². The van der Waals surface area contributed by atoms with Gasteiger partial charge in [0.25, 0.3) is 0 Å². The van der Waals surface area contributed by atoms with Crippen LogP contribution in [-0.4, -0.2) is 34.4 Å². The molecule has 0 aliphatic heterocycles. The minimum atomic E-state index is -0.998. The second-order valence-electron chi connectivity index (χ2n) is 10.3. The van der Waals surface area contributed by atoms with E-state index in [1.165, 1.54) is 83.5 Å². The number of aliphatic carboxylic acids is 1. The summed E-state index contributed by atoms with van der Waals surface area (Å²) in [4.78, 5) is 24.2. The van der Waals surface area contributed by atoms with Gasteiger partial charge < -0.3 is 14.9 Å². The van der Waals surface area contributed by atoms with Gasteiger partial charge in [0, 0.05) is 6.42 Å². The molecule has 0 saturated heterocycles. The smallest absolute Gasteiger partial charge is 0.338 e. The third kappa shape index (κ3) is 15.3. The molecule has 0 heterocycles. The molecule has 2 N–H and O–H groups in total. The summed E-state index contributed by atoms with van der Waals surface area (Å²) in [6.45, 7) is 4.03. The van der Waals surface area contributed by atoms with Gasteiger partial charge in [-0.25, -0.2) is 4.79 Å². The summed E-state index contributed by atoms with van der Waals surface area (Å²) in [5.41, 5.74) is 0.389. The summed E-state index contributed by atoms with van der Waals surface area (Å²) in [7, 11) is 0. The first-order valence-electron chi connectivity index (χ1n) is 14.7. The molecule has 0 aliphatic carbocycles. The van der Waals surface area contributed by atoms with E-state index in [2.05, 4.69) is 6.92 Å². The maximum absolute atomic E-state index is 12.5. The number of benzene rings is 1. The number of carbonyl (C=O) groups is 2. The molecule has 0 amide bonds. The first-order chi connectivity index (χ1) is 17.5. The molecule has 0 spiro atoms. The van der Waals surface area contributed by atoms with Crippen LogP contribution < -0.4 is 0 Å². The molecule has 0 fully saturated rings. The molecule has 5 heteroatoms. The van der Waals surface area contributed by atoms with Crippen molar-refractivity contribution in [3.63, 3.8) is 0 Å². The minimum absolute atomic E-state index is 0.155. The first kappa shape index (κ1) is 32.1. The lowest BCUT2D eigenvalue weighted by Crippen LogP contribution is -2.35. The van der Waals surface area contributed by atoms with Gasteiger partial charge in [0.2, 0.25) is 0 Å². The summed E-state index contributed by atoms with van der Waals surface area (Å²) in [6.07, 6.45) is 19.0. The van der Waals surface area contributed by atoms with Crippen molar-refractivity contribution in [2.45, 2.75) is 142 Å². The van der Waals surface area contributed by atoms with Gasteiger partial charge in [-0.3, -0.25) is 4.79 Å². The predicted molar refractivity (Wildman–Crippen MR) is 147 cm³/mol. The zero-order valence-corrected chi connectivity index (χ0v) is 23.0. The normalized spacial score (nSPS) is 13.8. The second kappa shape index (κ2) is 21.2. The van der Waals surface area contributed by atoms with Crippen LogP contribution in [-0.2, 0) is 9.53 Å². The number of esters is 1. The number of unbranched alkanes of at least 4 members (excludes halogenated alkanes) is 14. The lowest BCUT2D eigenvalue weighted by atomic mass is 9.93. The highest BCUT2D eigenvalue weighted by Gasteiger charge is 2.32. The standard InChI is InChI=1S/C31H52O5/c1-3-5-6-7-8-9-10-11-12-13-14-15-16-17-21-24-27(32)25-29(28(4-2)30(33)34)36-31(35)26-22-19-18-20-23-26/h18-20,22-23,27-29,32H,3-17,21,24-25H2,1-2H3,(H,33,34)/t27?,28?,29-/m1/s1. The van der Waals surface area contributed by atoms with Crippen LogP contribution in [0, 0.1) is 5.92 Å². The lowest BCUT2D eigenvalue weighted by molar-refractivity contribution is -0.146. The Hall–Kier alpha value is -1.88. The molecule has 0 aliphatic rings. The molecular formula is C31H52O5. The Kier molecular flexibility index (Phi) is 19.0. The van der Waals surface area contributed by atoms with Crippen molar-refractivity contribution in [2.24, 2.45) is 5.92 Å². The number of ether oxygens (including phenoxy) is 1. The Morgan fingerprint density at radius 3 is 1.67 bits per heavy atom.